The SMILES string of the molecule is ClCc1ccccc1-c1cccc2ccccc12. The van der Waals surface area contributed by atoms with E-state index in [1.165, 1.54) is 27.5 Å². The van der Waals surface area contributed by atoms with Crippen molar-refractivity contribution in [2.75, 3.05) is 0 Å². The van der Waals surface area contributed by atoms with E-state index in [4.69, 9.17) is 11.6 Å². The maximum absolute atomic E-state index is 6.03. The normalized spacial score (nSPS) is 10.7. The molecule has 0 radical (unpaired) electrons. The number of halogens is 1. The minimum Gasteiger partial charge on any atom is -0.122 e. The van der Waals surface area contributed by atoms with Gasteiger partial charge in [0, 0.05) is 5.88 Å². The highest BCUT2D eigenvalue weighted by molar-refractivity contribution is 6.17. The second-order valence-corrected chi connectivity index (χ2v) is 4.58. The van der Waals surface area contributed by atoms with Crippen molar-refractivity contribution >= 4 is 22.4 Å². The molecule has 0 aromatic heterocycles. The molecule has 18 heavy (non-hydrogen) atoms. The Kier molecular flexibility index (Phi) is 3.04. The van der Waals surface area contributed by atoms with Crippen LogP contribution in [0.25, 0.3) is 21.9 Å². The molecule has 0 aliphatic carbocycles. The molecule has 0 aliphatic rings. The summed E-state index contributed by atoms with van der Waals surface area (Å²) < 4.78 is 0. The fourth-order valence-corrected chi connectivity index (χ4v) is 2.59. The van der Waals surface area contributed by atoms with Crippen molar-refractivity contribution in [2.24, 2.45) is 0 Å². The molecule has 88 valence electrons. The van der Waals surface area contributed by atoms with Gasteiger partial charge in [0.15, 0.2) is 0 Å². The molecule has 3 rings (SSSR count). The Morgan fingerprint density at radius 3 is 2.22 bits per heavy atom. The van der Waals surface area contributed by atoms with Crippen LogP contribution in [-0.4, -0.2) is 0 Å². The minimum atomic E-state index is 0.541. The predicted octanol–water partition coefficient (Wildman–Crippen LogP) is 5.25. The van der Waals surface area contributed by atoms with Crippen LogP contribution in [0.3, 0.4) is 0 Å². The van der Waals surface area contributed by atoms with Gasteiger partial charge in [0.25, 0.3) is 0 Å². The minimum absolute atomic E-state index is 0.541. The first-order chi connectivity index (χ1) is 8.90. The third-order valence-electron chi connectivity index (χ3n) is 3.24. The Morgan fingerprint density at radius 2 is 1.33 bits per heavy atom. The van der Waals surface area contributed by atoms with Crippen LogP contribution in [0, 0.1) is 0 Å². The Morgan fingerprint density at radius 1 is 0.667 bits per heavy atom. The number of hydrogen-bond acceptors (Lipinski definition) is 0. The molecule has 0 N–H and O–H groups in total. The van der Waals surface area contributed by atoms with Crippen LogP contribution in [0.1, 0.15) is 5.56 Å². The van der Waals surface area contributed by atoms with Crippen molar-refractivity contribution in [3.05, 3.63) is 72.3 Å². The monoisotopic (exact) mass is 252 g/mol. The first-order valence-electron chi connectivity index (χ1n) is 6.02. The van der Waals surface area contributed by atoms with E-state index in [0.717, 1.165) is 0 Å². The van der Waals surface area contributed by atoms with Crippen LogP contribution in [0.15, 0.2) is 66.7 Å². The number of alkyl halides is 1. The van der Waals surface area contributed by atoms with Gasteiger partial charge in [-0.2, -0.15) is 0 Å². The molecule has 0 bridgehead atoms. The summed E-state index contributed by atoms with van der Waals surface area (Å²) in [6, 6.07) is 23.2. The molecule has 3 aromatic rings. The molecule has 0 aliphatic heterocycles. The van der Waals surface area contributed by atoms with Gasteiger partial charge in [-0.25, -0.2) is 0 Å². The van der Waals surface area contributed by atoms with Gasteiger partial charge in [-0.3, -0.25) is 0 Å². The first kappa shape index (κ1) is 11.3. The van der Waals surface area contributed by atoms with Gasteiger partial charge < -0.3 is 0 Å². The third-order valence-corrected chi connectivity index (χ3v) is 3.53. The summed E-state index contributed by atoms with van der Waals surface area (Å²) in [5, 5.41) is 2.54. The molecule has 0 saturated carbocycles. The lowest BCUT2D eigenvalue weighted by Gasteiger charge is -2.10. The fraction of sp³-hybridized carbons (Fsp3) is 0.0588. The summed E-state index contributed by atoms with van der Waals surface area (Å²) in [7, 11) is 0. The Labute approximate surface area is 112 Å². The summed E-state index contributed by atoms with van der Waals surface area (Å²) >= 11 is 6.03. The first-order valence-corrected chi connectivity index (χ1v) is 6.55. The average Bonchev–Trinajstić information content (AvgIpc) is 2.46. The average molecular weight is 253 g/mol. The smallest absolute Gasteiger partial charge is 0.0480 e. The molecule has 0 fully saturated rings. The van der Waals surface area contributed by atoms with E-state index < -0.39 is 0 Å². The lowest BCUT2D eigenvalue weighted by atomic mass is 9.95. The molecule has 3 aromatic carbocycles. The van der Waals surface area contributed by atoms with Crippen molar-refractivity contribution in [3.8, 4) is 11.1 Å². The van der Waals surface area contributed by atoms with Crippen LogP contribution >= 0.6 is 11.6 Å². The lowest BCUT2D eigenvalue weighted by Crippen LogP contribution is -1.87. The van der Waals surface area contributed by atoms with E-state index in [0.29, 0.717) is 5.88 Å². The van der Waals surface area contributed by atoms with Crippen LogP contribution < -0.4 is 0 Å². The van der Waals surface area contributed by atoms with Crippen molar-refractivity contribution in [3.63, 3.8) is 0 Å². The zero-order valence-electron chi connectivity index (χ0n) is 9.94. The van der Waals surface area contributed by atoms with Crippen molar-refractivity contribution < 1.29 is 0 Å². The molecule has 0 atom stereocenters. The molecule has 0 saturated heterocycles. The summed E-state index contributed by atoms with van der Waals surface area (Å²) in [5.41, 5.74) is 3.66. The van der Waals surface area contributed by atoms with E-state index in [-0.39, 0.29) is 0 Å². The lowest BCUT2D eigenvalue weighted by molar-refractivity contribution is 1.40. The number of benzene rings is 3. The van der Waals surface area contributed by atoms with Crippen molar-refractivity contribution in [1.29, 1.82) is 0 Å². The molecule has 1 heteroatoms. The summed E-state index contributed by atoms with van der Waals surface area (Å²) in [5.74, 6) is 0.541. The maximum atomic E-state index is 6.03. The largest absolute Gasteiger partial charge is 0.122 e. The van der Waals surface area contributed by atoms with E-state index in [2.05, 4.69) is 60.7 Å². The molecule has 0 amide bonds. The fourth-order valence-electron chi connectivity index (χ4n) is 2.36. The second kappa shape index (κ2) is 4.83. The standard InChI is InChI=1S/C17H13Cl/c18-12-14-7-2-4-10-16(14)17-11-5-8-13-6-1-3-9-15(13)17/h1-11H,12H2. The van der Waals surface area contributed by atoms with Gasteiger partial charge in [0.05, 0.1) is 0 Å². The summed E-state index contributed by atoms with van der Waals surface area (Å²) in [6.45, 7) is 0. The van der Waals surface area contributed by atoms with Gasteiger partial charge in [-0.1, -0.05) is 66.7 Å². The highest BCUT2D eigenvalue weighted by Crippen LogP contribution is 2.31. The summed E-state index contributed by atoms with van der Waals surface area (Å²) in [4.78, 5) is 0. The highest BCUT2D eigenvalue weighted by atomic mass is 35.5. The van der Waals surface area contributed by atoms with Gasteiger partial charge in [0.2, 0.25) is 0 Å². The number of fused-ring (bicyclic) bond motifs is 1. The Balaban J connectivity index is 2.32. The van der Waals surface area contributed by atoms with Gasteiger partial charge >= 0.3 is 0 Å². The van der Waals surface area contributed by atoms with Crippen molar-refractivity contribution in [1.82, 2.24) is 0 Å². The van der Waals surface area contributed by atoms with Crippen LogP contribution in [0.5, 0.6) is 0 Å². The molecular formula is C17H13Cl. The van der Waals surface area contributed by atoms with Gasteiger partial charge in [0.1, 0.15) is 0 Å². The number of hydrogen-bond donors (Lipinski definition) is 0. The number of rotatable bonds is 2. The Hall–Kier alpha value is -1.79. The molecular weight excluding hydrogens is 240 g/mol. The molecule has 0 unspecified atom stereocenters. The van der Waals surface area contributed by atoms with Crippen LogP contribution in [-0.2, 0) is 5.88 Å². The second-order valence-electron chi connectivity index (χ2n) is 4.32. The van der Waals surface area contributed by atoms with E-state index >= 15 is 0 Å². The van der Waals surface area contributed by atoms with Crippen LogP contribution in [0.2, 0.25) is 0 Å². The van der Waals surface area contributed by atoms with Crippen molar-refractivity contribution in [2.45, 2.75) is 5.88 Å². The Bertz CT molecular complexity index is 681. The van der Waals surface area contributed by atoms with Crippen LogP contribution in [0.4, 0.5) is 0 Å². The molecule has 0 nitrogen and oxygen atoms in total. The molecule has 0 heterocycles. The highest BCUT2D eigenvalue weighted by Gasteiger charge is 2.06. The summed E-state index contributed by atoms with van der Waals surface area (Å²) in [6.07, 6.45) is 0. The predicted molar refractivity (Wildman–Crippen MR) is 78.9 cm³/mol. The third kappa shape index (κ3) is 1.89. The molecule has 0 spiro atoms. The topological polar surface area (TPSA) is 0 Å². The van der Waals surface area contributed by atoms with Gasteiger partial charge in [-0.15, -0.1) is 11.6 Å². The maximum Gasteiger partial charge on any atom is 0.0480 e. The van der Waals surface area contributed by atoms with E-state index in [9.17, 15) is 0 Å². The van der Waals surface area contributed by atoms with Gasteiger partial charge in [-0.05, 0) is 27.5 Å². The quantitative estimate of drug-likeness (QED) is 0.547. The zero-order chi connectivity index (χ0) is 12.4. The van der Waals surface area contributed by atoms with E-state index in [1.54, 1.807) is 0 Å². The zero-order valence-corrected chi connectivity index (χ0v) is 10.7. The van der Waals surface area contributed by atoms with E-state index in [1.807, 2.05) is 6.07 Å².